The predicted molar refractivity (Wildman–Crippen MR) is 131 cm³/mol. The first-order valence-corrected chi connectivity index (χ1v) is 12.6. The average molecular weight is 486 g/mol. The van der Waals surface area contributed by atoms with Crippen LogP contribution in [0, 0.1) is 5.92 Å². The highest BCUT2D eigenvalue weighted by Gasteiger charge is 2.41. The van der Waals surface area contributed by atoms with Gasteiger partial charge < -0.3 is 15.1 Å². The summed E-state index contributed by atoms with van der Waals surface area (Å²) in [6.07, 6.45) is 4.03. The second-order valence-electron chi connectivity index (χ2n) is 9.34. The van der Waals surface area contributed by atoms with E-state index in [9.17, 15) is 9.59 Å². The van der Waals surface area contributed by atoms with E-state index in [2.05, 4.69) is 5.32 Å². The van der Waals surface area contributed by atoms with Gasteiger partial charge in [-0.05, 0) is 61.4 Å². The topological polar surface area (TPSA) is 52.7 Å². The van der Waals surface area contributed by atoms with Gasteiger partial charge in [0.25, 0.3) is 5.91 Å². The number of nitrogens with one attached hydrogen (secondary N) is 1. The minimum atomic E-state index is -0.136. The van der Waals surface area contributed by atoms with Gasteiger partial charge in [0.1, 0.15) is 0 Å². The van der Waals surface area contributed by atoms with Gasteiger partial charge in [-0.2, -0.15) is 0 Å². The van der Waals surface area contributed by atoms with Crippen LogP contribution in [-0.2, 0) is 11.2 Å². The van der Waals surface area contributed by atoms with Crippen LogP contribution in [0.15, 0.2) is 42.5 Å². The van der Waals surface area contributed by atoms with Crippen LogP contribution in [0.3, 0.4) is 0 Å². The number of halogens is 2. The fourth-order valence-electron chi connectivity index (χ4n) is 5.69. The largest absolute Gasteiger partial charge is 0.340 e. The van der Waals surface area contributed by atoms with Crippen molar-refractivity contribution in [3.63, 3.8) is 0 Å². The molecule has 0 spiro atoms. The van der Waals surface area contributed by atoms with E-state index in [1.165, 1.54) is 0 Å². The van der Waals surface area contributed by atoms with Crippen LogP contribution in [0.1, 0.15) is 53.2 Å². The Kier molecular flexibility index (Phi) is 6.64. The Hall–Kier alpha value is -2.08. The molecule has 3 aliphatic rings. The Morgan fingerprint density at radius 2 is 1.70 bits per heavy atom. The van der Waals surface area contributed by atoms with Crippen molar-refractivity contribution in [2.75, 3.05) is 26.2 Å². The molecule has 1 saturated heterocycles. The lowest BCUT2D eigenvalue weighted by atomic mass is 9.81. The number of hydrogen-bond donors (Lipinski definition) is 1. The molecule has 1 atom stereocenters. The highest BCUT2D eigenvalue weighted by Crippen LogP contribution is 2.41. The Labute approximate surface area is 205 Å². The molecular weight excluding hydrogens is 457 g/mol. The number of carbonyl (C=O) groups is 2. The predicted octanol–water partition coefficient (Wildman–Crippen LogP) is 4.72. The molecule has 2 aromatic rings. The first-order valence-electron chi connectivity index (χ1n) is 11.9. The van der Waals surface area contributed by atoms with Crippen LogP contribution in [0.5, 0.6) is 0 Å². The quantitative estimate of drug-likeness (QED) is 0.683. The van der Waals surface area contributed by atoms with E-state index in [0.29, 0.717) is 10.0 Å². The molecule has 2 aromatic carbocycles. The van der Waals surface area contributed by atoms with Crippen molar-refractivity contribution in [1.82, 2.24) is 15.1 Å². The maximum Gasteiger partial charge on any atom is 0.254 e. The molecule has 2 fully saturated rings. The Morgan fingerprint density at radius 1 is 0.970 bits per heavy atom. The van der Waals surface area contributed by atoms with Crippen LogP contribution in [0.4, 0.5) is 0 Å². The molecule has 0 radical (unpaired) electrons. The summed E-state index contributed by atoms with van der Waals surface area (Å²) < 4.78 is 0. The summed E-state index contributed by atoms with van der Waals surface area (Å²) in [5.74, 6) is 0.399. The molecule has 1 aliphatic carbocycles. The third kappa shape index (κ3) is 4.51. The third-order valence-electron chi connectivity index (χ3n) is 7.42. The standard InChI is InChI=1S/C26H29Cl2N3O2/c27-19-7-10-22(23(28)16-19)24-15-18-3-1-2-4-21(18)26(33)31(24)20-8-5-17(6-9-20)25(32)30-13-11-29-12-14-30/h1-4,7,10,16-17,20,24,29H,5-6,8-9,11-15H2. The van der Waals surface area contributed by atoms with Gasteiger partial charge in [0.2, 0.25) is 5.91 Å². The summed E-state index contributed by atoms with van der Waals surface area (Å²) >= 11 is 12.8. The van der Waals surface area contributed by atoms with Crippen LogP contribution in [0.25, 0.3) is 0 Å². The molecule has 1 unspecified atom stereocenters. The van der Waals surface area contributed by atoms with Crippen molar-refractivity contribution < 1.29 is 9.59 Å². The maximum atomic E-state index is 13.7. The SMILES string of the molecule is O=C(C1CCC(N2C(=O)c3ccccc3CC2c2ccc(Cl)cc2Cl)CC1)N1CCNCC1. The van der Waals surface area contributed by atoms with Crippen LogP contribution in [-0.4, -0.2) is 53.8 Å². The first kappa shape index (κ1) is 22.7. The highest BCUT2D eigenvalue weighted by molar-refractivity contribution is 6.35. The highest BCUT2D eigenvalue weighted by atomic mass is 35.5. The first-order chi connectivity index (χ1) is 16.0. The van der Waals surface area contributed by atoms with Crippen molar-refractivity contribution >= 4 is 35.0 Å². The van der Waals surface area contributed by atoms with Crippen molar-refractivity contribution in [3.8, 4) is 0 Å². The van der Waals surface area contributed by atoms with Gasteiger partial charge in [-0.15, -0.1) is 0 Å². The van der Waals surface area contributed by atoms with E-state index < -0.39 is 0 Å². The zero-order valence-corrected chi connectivity index (χ0v) is 20.1. The van der Waals surface area contributed by atoms with Crippen LogP contribution in [0.2, 0.25) is 10.0 Å². The summed E-state index contributed by atoms with van der Waals surface area (Å²) in [6, 6.07) is 13.4. The van der Waals surface area contributed by atoms with Gasteiger partial charge in [-0.1, -0.05) is 47.5 Å². The average Bonchev–Trinajstić information content (AvgIpc) is 2.84. The Balaban J connectivity index is 1.39. The monoisotopic (exact) mass is 485 g/mol. The van der Waals surface area contributed by atoms with Crippen LogP contribution < -0.4 is 5.32 Å². The molecule has 0 bridgehead atoms. The zero-order valence-electron chi connectivity index (χ0n) is 18.6. The number of benzene rings is 2. The number of fused-ring (bicyclic) bond motifs is 1. The molecule has 33 heavy (non-hydrogen) atoms. The van der Waals surface area contributed by atoms with Gasteiger partial charge in [0.05, 0.1) is 6.04 Å². The Bertz CT molecular complexity index is 1050. The number of rotatable bonds is 3. The fourth-order valence-corrected chi connectivity index (χ4v) is 6.22. The number of piperazine rings is 1. The van der Waals surface area contributed by atoms with Crippen molar-refractivity contribution in [2.24, 2.45) is 5.92 Å². The van der Waals surface area contributed by atoms with E-state index >= 15 is 0 Å². The molecule has 2 amide bonds. The van der Waals surface area contributed by atoms with Crippen LogP contribution >= 0.6 is 23.2 Å². The minimum Gasteiger partial charge on any atom is -0.340 e. The lowest BCUT2D eigenvalue weighted by molar-refractivity contribution is -0.137. The molecule has 2 heterocycles. The molecular formula is C26H29Cl2N3O2. The maximum absolute atomic E-state index is 13.7. The van der Waals surface area contributed by atoms with Crippen molar-refractivity contribution in [3.05, 3.63) is 69.2 Å². The normalized spacial score (nSPS) is 25.6. The molecule has 0 aromatic heterocycles. The third-order valence-corrected chi connectivity index (χ3v) is 7.98. The lowest BCUT2D eigenvalue weighted by Crippen LogP contribution is -2.51. The Morgan fingerprint density at radius 3 is 2.42 bits per heavy atom. The van der Waals surface area contributed by atoms with E-state index in [-0.39, 0.29) is 29.8 Å². The second-order valence-corrected chi connectivity index (χ2v) is 10.2. The molecule has 5 rings (SSSR count). The van der Waals surface area contributed by atoms with Gasteiger partial charge in [0, 0.05) is 53.7 Å². The van der Waals surface area contributed by atoms with E-state index in [1.807, 2.05) is 46.2 Å². The molecule has 174 valence electrons. The van der Waals surface area contributed by atoms with Crippen molar-refractivity contribution in [2.45, 2.75) is 44.2 Å². The minimum absolute atomic E-state index is 0.0594. The zero-order chi connectivity index (χ0) is 22.9. The van der Waals surface area contributed by atoms with E-state index in [0.717, 1.165) is 75.0 Å². The number of amides is 2. The molecule has 1 saturated carbocycles. The summed E-state index contributed by atoms with van der Waals surface area (Å²) in [7, 11) is 0. The van der Waals surface area contributed by atoms with Gasteiger partial charge >= 0.3 is 0 Å². The molecule has 2 aliphatic heterocycles. The van der Waals surface area contributed by atoms with E-state index in [4.69, 9.17) is 23.2 Å². The summed E-state index contributed by atoms with van der Waals surface area (Å²) in [5.41, 5.74) is 2.76. The van der Waals surface area contributed by atoms with Gasteiger partial charge in [-0.25, -0.2) is 0 Å². The summed E-state index contributed by atoms with van der Waals surface area (Å²) in [6.45, 7) is 3.31. The van der Waals surface area contributed by atoms with Crippen molar-refractivity contribution in [1.29, 1.82) is 0 Å². The fraction of sp³-hybridized carbons (Fsp3) is 0.462. The summed E-state index contributed by atoms with van der Waals surface area (Å²) in [5, 5.41) is 4.48. The molecule has 5 nitrogen and oxygen atoms in total. The molecule has 1 N–H and O–H groups in total. The van der Waals surface area contributed by atoms with Gasteiger partial charge in [-0.3, -0.25) is 9.59 Å². The second kappa shape index (κ2) is 9.65. The number of nitrogens with zero attached hydrogens (tertiary/aromatic N) is 2. The summed E-state index contributed by atoms with van der Waals surface area (Å²) in [4.78, 5) is 30.8. The van der Waals surface area contributed by atoms with Gasteiger partial charge in [0.15, 0.2) is 0 Å². The lowest BCUT2D eigenvalue weighted by Gasteiger charge is -2.45. The number of hydrogen-bond acceptors (Lipinski definition) is 3. The number of carbonyl (C=O) groups excluding carboxylic acids is 2. The molecule has 7 heteroatoms. The van der Waals surface area contributed by atoms with E-state index in [1.54, 1.807) is 6.07 Å². The smallest absolute Gasteiger partial charge is 0.254 e.